The minimum absolute atomic E-state index is 0.0723. The van der Waals surface area contributed by atoms with Gasteiger partial charge in [-0.3, -0.25) is 4.79 Å². The standard InChI is InChI=1S/C19H17N3O2/c20-16-9-10-17(22-18(16)19(21)23)14-7-4-8-15(11-14)24-12-13-5-2-1-3-6-13/h1-11H,12,20H2,(H2,21,23). The predicted molar refractivity (Wildman–Crippen MR) is 93.4 cm³/mol. The first-order valence-corrected chi connectivity index (χ1v) is 7.47. The number of carbonyl (C=O) groups excluding carboxylic acids is 1. The highest BCUT2D eigenvalue weighted by Gasteiger charge is 2.10. The summed E-state index contributed by atoms with van der Waals surface area (Å²) in [6, 6.07) is 20.8. The number of rotatable bonds is 5. The molecule has 1 amide bonds. The summed E-state index contributed by atoms with van der Waals surface area (Å²) < 4.78 is 5.81. The normalized spacial score (nSPS) is 10.3. The Morgan fingerprint density at radius 2 is 1.79 bits per heavy atom. The van der Waals surface area contributed by atoms with E-state index < -0.39 is 5.91 Å². The van der Waals surface area contributed by atoms with Crippen molar-refractivity contribution in [1.82, 2.24) is 4.98 Å². The first-order valence-electron chi connectivity index (χ1n) is 7.47. The predicted octanol–water partition coefficient (Wildman–Crippen LogP) is 3.01. The lowest BCUT2D eigenvalue weighted by molar-refractivity contribution is 0.0996. The zero-order valence-corrected chi connectivity index (χ0v) is 13.0. The molecule has 2 aromatic carbocycles. The molecule has 0 spiro atoms. The summed E-state index contributed by atoms with van der Waals surface area (Å²) in [5.41, 5.74) is 13.9. The molecule has 5 heteroatoms. The SMILES string of the molecule is NC(=O)c1nc(-c2cccc(OCc3ccccc3)c2)ccc1N. The minimum atomic E-state index is -0.647. The Kier molecular flexibility index (Phi) is 4.43. The maximum Gasteiger partial charge on any atom is 0.269 e. The number of carbonyl (C=O) groups is 1. The average Bonchev–Trinajstić information content (AvgIpc) is 2.61. The van der Waals surface area contributed by atoms with E-state index in [2.05, 4.69) is 4.98 Å². The van der Waals surface area contributed by atoms with Crippen LogP contribution in [-0.4, -0.2) is 10.9 Å². The van der Waals surface area contributed by atoms with Crippen LogP contribution in [0.5, 0.6) is 5.75 Å². The number of amides is 1. The molecule has 0 bridgehead atoms. The fourth-order valence-electron chi connectivity index (χ4n) is 2.31. The third-order valence-electron chi connectivity index (χ3n) is 3.54. The van der Waals surface area contributed by atoms with Crippen molar-refractivity contribution in [3.63, 3.8) is 0 Å². The van der Waals surface area contributed by atoms with Gasteiger partial charge in [0.2, 0.25) is 0 Å². The molecule has 0 saturated heterocycles. The number of hydrogen-bond donors (Lipinski definition) is 2. The Balaban J connectivity index is 1.83. The Hall–Kier alpha value is -3.34. The molecule has 4 N–H and O–H groups in total. The van der Waals surface area contributed by atoms with Crippen LogP contribution in [0.2, 0.25) is 0 Å². The first kappa shape index (κ1) is 15.6. The number of benzene rings is 2. The molecule has 0 aliphatic carbocycles. The maximum atomic E-state index is 11.4. The number of hydrogen-bond acceptors (Lipinski definition) is 4. The van der Waals surface area contributed by atoms with E-state index in [4.69, 9.17) is 16.2 Å². The molecule has 0 radical (unpaired) electrons. The Morgan fingerprint density at radius 3 is 2.54 bits per heavy atom. The summed E-state index contributed by atoms with van der Waals surface area (Å²) in [5.74, 6) is 0.0708. The summed E-state index contributed by atoms with van der Waals surface area (Å²) in [6.45, 7) is 0.478. The minimum Gasteiger partial charge on any atom is -0.489 e. The molecular formula is C19H17N3O2. The van der Waals surface area contributed by atoms with Crippen LogP contribution in [0.3, 0.4) is 0 Å². The maximum absolute atomic E-state index is 11.4. The molecule has 0 fully saturated rings. The summed E-state index contributed by atoms with van der Waals surface area (Å²) >= 11 is 0. The van der Waals surface area contributed by atoms with Gasteiger partial charge in [0.25, 0.3) is 5.91 Å². The second-order valence-electron chi connectivity index (χ2n) is 5.30. The average molecular weight is 319 g/mol. The van der Waals surface area contributed by atoms with Crippen LogP contribution in [-0.2, 0) is 6.61 Å². The molecule has 3 rings (SSSR count). The fraction of sp³-hybridized carbons (Fsp3) is 0.0526. The van der Waals surface area contributed by atoms with Crippen LogP contribution < -0.4 is 16.2 Å². The van der Waals surface area contributed by atoms with E-state index in [0.29, 0.717) is 12.3 Å². The Labute approximate surface area is 139 Å². The smallest absolute Gasteiger partial charge is 0.269 e. The number of nitrogens with zero attached hydrogens (tertiary/aromatic N) is 1. The van der Waals surface area contributed by atoms with Crippen LogP contribution in [0.15, 0.2) is 66.7 Å². The lowest BCUT2D eigenvalue weighted by atomic mass is 10.1. The molecule has 1 heterocycles. The summed E-state index contributed by atoms with van der Waals surface area (Å²) in [4.78, 5) is 15.6. The second-order valence-corrected chi connectivity index (χ2v) is 5.30. The topological polar surface area (TPSA) is 91.2 Å². The van der Waals surface area contributed by atoms with Gasteiger partial charge in [0.15, 0.2) is 5.69 Å². The van der Waals surface area contributed by atoms with E-state index >= 15 is 0 Å². The second kappa shape index (κ2) is 6.83. The third kappa shape index (κ3) is 3.52. The van der Waals surface area contributed by atoms with Crippen molar-refractivity contribution in [3.8, 4) is 17.0 Å². The highest BCUT2D eigenvalue weighted by atomic mass is 16.5. The van der Waals surface area contributed by atoms with Crippen molar-refractivity contribution in [2.45, 2.75) is 6.61 Å². The van der Waals surface area contributed by atoms with Crippen molar-refractivity contribution in [3.05, 3.63) is 78.0 Å². The van der Waals surface area contributed by atoms with Crippen LogP contribution >= 0.6 is 0 Å². The number of aromatic nitrogens is 1. The summed E-state index contributed by atoms with van der Waals surface area (Å²) in [7, 11) is 0. The van der Waals surface area contributed by atoms with Gasteiger partial charge in [0.1, 0.15) is 12.4 Å². The summed E-state index contributed by atoms with van der Waals surface area (Å²) in [6.07, 6.45) is 0. The Bertz CT molecular complexity index is 863. The van der Waals surface area contributed by atoms with Gasteiger partial charge in [-0.1, -0.05) is 42.5 Å². The number of primary amides is 1. The summed E-state index contributed by atoms with van der Waals surface area (Å²) in [5, 5.41) is 0. The largest absolute Gasteiger partial charge is 0.489 e. The van der Waals surface area contributed by atoms with E-state index in [1.54, 1.807) is 12.1 Å². The van der Waals surface area contributed by atoms with Crippen LogP contribution in [0.25, 0.3) is 11.3 Å². The van der Waals surface area contributed by atoms with Gasteiger partial charge in [-0.25, -0.2) is 4.98 Å². The molecule has 0 saturated carbocycles. The van der Waals surface area contributed by atoms with Crippen molar-refractivity contribution in [1.29, 1.82) is 0 Å². The van der Waals surface area contributed by atoms with E-state index in [1.165, 1.54) is 0 Å². The van der Waals surface area contributed by atoms with Gasteiger partial charge in [-0.2, -0.15) is 0 Å². The van der Waals surface area contributed by atoms with E-state index in [1.807, 2.05) is 54.6 Å². The quantitative estimate of drug-likeness (QED) is 0.756. The zero-order chi connectivity index (χ0) is 16.9. The van der Waals surface area contributed by atoms with Gasteiger partial charge < -0.3 is 16.2 Å². The number of ether oxygens (including phenoxy) is 1. The molecule has 0 aliphatic rings. The van der Waals surface area contributed by atoms with Gasteiger partial charge >= 0.3 is 0 Å². The van der Waals surface area contributed by atoms with Crippen LogP contribution in [0.1, 0.15) is 16.1 Å². The van der Waals surface area contributed by atoms with Gasteiger partial charge in [0, 0.05) is 5.56 Å². The molecule has 0 atom stereocenters. The highest BCUT2D eigenvalue weighted by Crippen LogP contribution is 2.24. The lowest BCUT2D eigenvalue weighted by Gasteiger charge is -2.09. The van der Waals surface area contributed by atoms with Crippen molar-refractivity contribution in [2.24, 2.45) is 5.73 Å². The van der Waals surface area contributed by atoms with Gasteiger partial charge in [-0.15, -0.1) is 0 Å². The highest BCUT2D eigenvalue weighted by molar-refractivity contribution is 5.96. The van der Waals surface area contributed by atoms with E-state index in [9.17, 15) is 4.79 Å². The molecule has 24 heavy (non-hydrogen) atoms. The third-order valence-corrected chi connectivity index (χ3v) is 3.54. The van der Waals surface area contributed by atoms with E-state index in [-0.39, 0.29) is 11.4 Å². The molecule has 3 aromatic rings. The first-order chi connectivity index (χ1) is 11.6. The number of nitrogen functional groups attached to an aromatic ring is 1. The molecule has 0 unspecified atom stereocenters. The monoisotopic (exact) mass is 319 g/mol. The number of pyridine rings is 1. The van der Waals surface area contributed by atoms with Crippen molar-refractivity contribution >= 4 is 11.6 Å². The van der Waals surface area contributed by atoms with Gasteiger partial charge in [0.05, 0.1) is 11.4 Å². The zero-order valence-electron chi connectivity index (χ0n) is 13.0. The number of anilines is 1. The van der Waals surface area contributed by atoms with Crippen molar-refractivity contribution < 1.29 is 9.53 Å². The van der Waals surface area contributed by atoms with Crippen LogP contribution in [0, 0.1) is 0 Å². The number of nitrogens with two attached hydrogens (primary N) is 2. The van der Waals surface area contributed by atoms with E-state index in [0.717, 1.165) is 16.9 Å². The van der Waals surface area contributed by atoms with Gasteiger partial charge in [-0.05, 0) is 29.8 Å². The Morgan fingerprint density at radius 1 is 1.00 bits per heavy atom. The molecule has 5 nitrogen and oxygen atoms in total. The lowest BCUT2D eigenvalue weighted by Crippen LogP contribution is -2.15. The molecule has 120 valence electrons. The molecule has 1 aromatic heterocycles. The van der Waals surface area contributed by atoms with Crippen LogP contribution in [0.4, 0.5) is 5.69 Å². The molecule has 0 aliphatic heterocycles. The molecular weight excluding hydrogens is 302 g/mol. The van der Waals surface area contributed by atoms with Crippen molar-refractivity contribution in [2.75, 3.05) is 5.73 Å². The fourth-order valence-corrected chi connectivity index (χ4v) is 2.31.